The van der Waals surface area contributed by atoms with Gasteiger partial charge in [0.05, 0.1) is 24.2 Å². The highest BCUT2D eigenvalue weighted by Gasteiger charge is 2.63. The summed E-state index contributed by atoms with van der Waals surface area (Å²) in [6, 6.07) is 0. The van der Waals surface area contributed by atoms with Crippen molar-refractivity contribution in [3.05, 3.63) is 23.8 Å². The molecule has 0 radical (unpaired) electrons. The smallest absolute Gasteiger partial charge is 0.314 e. The van der Waals surface area contributed by atoms with Crippen LogP contribution in [0.25, 0.3) is 0 Å². The van der Waals surface area contributed by atoms with E-state index < -0.39 is 5.60 Å². The van der Waals surface area contributed by atoms with Crippen LogP contribution in [-0.4, -0.2) is 43.8 Å². The third-order valence-corrected chi connectivity index (χ3v) is 11.5. The number of esters is 1. The number of hydrogen-bond acceptors (Lipinski definition) is 5. The van der Waals surface area contributed by atoms with Crippen LogP contribution in [0.1, 0.15) is 65.7 Å². The minimum absolute atomic E-state index is 0.0573. The van der Waals surface area contributed by atoms with E-state index >= 15 is 0 Å². The zero-order valence-electron chi connectivity index (χ0n) is 21.2. The summed E-state index contributed by atoms with van der Waals surface area (Å²) in [5.74, 6) is 2.23. The minimum atomic E-state index is -0.489. The van der Waals surface area contributed by atoms with Crippen LogP contribution in [0.4, 0.5) is 0 Å². The van der Waals surface area contributed by atoms with Crippen LogP contribution in [0.3, 0.4) is 0 Å². The molecule has 10 atom stereocenters. The Kier molecular flexibility index (Phi) is 5.25. The molecular weight excluding hydrogens is 428 g/mol. The first-order chi connectivity index (χ1) is 16.2. The molecule has 5 nitrogen and oxygen atoms in total. The summed E-state index contributed by atoms with van der Waals surface area (Å²) in [6.45, 7) is 7.81. The molecule has 0 unspecified atom stereocenters. The second kappa shape index (κ2) is 7.77. The maximum absolute atomic E-state index is 13.1. The third kappa shape index (κ3) is 2.98. The summed E-state index contributed by atoms with van der Waals surface area (Å²) < 4.78 is 17.9. The van der Waals surface area contributed by atoms with E-state index in [4.69, 9.17) is 14.2 Å². The molecule has 2 heterocycles. The lowest BCUT2D eigenvalue weighted by Crippen LogP contribution is -2.61. The highest BCUT2D eigenvalue weighted by atomic mass is 16.6. The standard InChI is InChI=1S/C29H40O5/c1-27-13-12-22-18(9-8-17-6-5-7-25(30)29(17,22)3)20(27)10-11-21(27)19-15-33-28(2)14-24(19)34-26(31)23(28)16-32-4/h5,7-8,18-24H,6,9-16H2,1-4H3/t18-,19-,20-,21-,22-,23-,24+,27-,28+,29-/m0/s1. The quantitative estimate of drug-likeness (QED) is 0.436. The van der Waals surface area contributed by atoms with Gasteiger partial charge < -0.3 is 14.2 Å². The van der Waals surface area contributed by atoms with Crippen molar-refractivity contribution in [3.8, 4) is 0 Å². The molecule has 2 saturated heterocycles. The van der Waals surface area contributed by atoms with Gasteiger partial charge in [0, 0.05) is 19.4 Å². The Hall–Kier alpha value is -1.46. The number of carbonyl (C=O) groups is 2. The number of methoxy groups -OCH3 is 1. The van der Waals surface area contributed by atoms with Crippen LogP contribution in [0, 0.1) is 46.3 Å². The third-order valence-electron chi connectivity index (χ3n) is 11.5. The SMILES string of the molecule is COC[C@H]1C(=O)O[C@@H]2C[C@@]1(C)OC[C@H]2[C@@H]1CC[C@H]2[C@@H]3CC=C4CC=CC(=O)[C@]4(C)[C@H]3CC[C@]12C. The molecule has 34 heavy (non-hydrogen) atoms. The molecule has 0 spiro atoms. The lowest BCUT2D eigenvalue weighted by Gasteiger charge is -2.58. The first kappa shape index (κ1) is 23.0. The van der Waals surface area contributed by atoms with Gasteiger partial charge in [0.15, 0.2) is 5.78 Å². The van der Waals surface area contributed by atoms with Gasteiger partial charge in [0.1, 0.15) is 12.0 Å². The van der Waals surface area contributed by atoms with E-state index in [-0.39, 0.29) is 34.7 Å². The van der Waals surface area contributed by atoms with Crippen molar-refractivity contribution in [2.24, 2.45) is 46.3 Å². The maximum atomic E-state index is 13.1. The maximum Gasteiger partial charge on any atom is 0.314 e. The Morgan fingerprint density at radius 1 is 1.06 bits per heavy atom. The Balaban J connectivity index is 1.25. The monoisotopic (exact) mass is 468 g/mol. The molecule has 4 fully saturated rings. The summed E-state index contributed by atoms with van der Waals surface area (Å²) >= 11 is 0. The Morgan fingerprint density at radius 3 is 2.59 bits per heavy atom. The van der Waals surface area contributed by atoms with Gasteiger partial charge in [-0.1, -0.05) is 24.6 Å². The molecule has 2 aliphatic heterocycles. The van der Waals surface area contributed by atoms with Crippen molar-refractivity contribution in [2.75, 3.05) is 20.3 Å². The number of fused-ring (bicyclic) bond motifs is 7. The van der Waals surface area contributed by atoms with Crippen LogP contribution in [-0.2, 0) is 23.8 Å². The molecule has 0 aromatic rings. The van der Waals surface area contributed by atoms with E-state index in [1.54, 1.807) is 7.11 Å². The predicted octanol–water partition coefficient (Wildman–Crippen LogP) is 4.89. The molecule has 0 N–H and O–H groups in total. The van der Waals surface area contributed by atoms with Crippen molar-refractivity contribution in [2.45, 2.75) is 77.4 Å². The van der Waals surface area contributed by atoms with Gasteiger partial charge in [-0.15, -0.1) is 0 Å². The molecule has 4 aliphatic carbocycles. The first-order valence-electron chi connectivity index (χ1n) is 13.5. The molecule has 0 aromatic carbocycles. The number of allylic oxidation sites excluding steroid dienone is 4. The lowest BCUT2D eigenvalue weighted by molar-refractivity contribution is -0.241. The van der Waals surface area contributed by atoms with E-state index in [0.29, 0.717) is 42.7 Å². The van der Waals surface area contributed by atoms with Gasteiger partial charge in [-0.3, -0.25) is 9.59 Å². The van der Waals surface area contributed by atoms with E-state index in [1.165, 1.54) is 18.4 Å². The average Bonchev–Trinajstić information content (AvgIpc) is 3.15. The molecule has 0 amide bonds. The van der Waals surface area contributed by atoms with E-state index in [9.17, 15) is 9.59 Å². The summed E-state index contributed by atoms with van der Waals surface area (Å²) in [5.41, 5.74) is 0.784. The highest BCUT2D eigenvalue weighted by Crippen LogP contribution is 2.67. The van der Waals surface area contributed by atoms with Crippen LogP contribution < -0.4 is 0 Å². The molecule has 186 valence electrons. The van der Waals surface area contributed by atoms with E-state index in [0.717, 1.165) is 32.1 Å². The van der Waals surface area contributed by atoms with Gasteiger partial charge in [-0.2, -0.15) is 0 Å². The van der Waals surface area contributed by atoms with Crippen molar-refractivity contribution in [3.63, 3.8) is 0 Å². The molecule has 2 bridgehead atoms. The van der Waals surface area contributed by atoms with Crippen LogP contribution >= 0.6 is 0 Å². The van der Waals surface area contributed by atoms with E-state index in [1.807, 2.05) is 12.2 Å². The summed E-state index contributed by atoms with van der Waals surface area (Å²) in [4.78, 5) is 26.0. The Labute approximate surface area is 203 Å². The molecule has 5 heteroatoms. The van der Waals surface area contributed by atoms with E-state index in [2.05, 4.69) is 26.8 Å². The van der Waals surface area contributed by atoms with Crippen LogP contribution in [0.2, 0.25) is 0 Å². The number of ketones is 1. The van der Waals surface area contributed by atoms with Crippen molar-refractivity contribution >= 4 is 11.8 Å². The first-order valence-corrected chi connectivity index (χ1v) is 13.5. The van der Waals surface area contributed by atoms with Crippen LogP contribution in [0.5, 0.6) is 0 Å². The van der Waals surface area contributed by atoms with Gasteiger partial charge in [0.2, 0.25) is 0 Å². The lowest BCUT2D eigenvalue weighted by atomic mass is 9.47. The highest BCUT2D eigenvalue weighted by molar-refractivity contribution is 5.98. The van der Waals surface area contributed by atoms with Gasteiger partial charge >= 0.3 is 5.97 Å². The van der Waals surface area contributed by atoms with Gasteiger partial charge in [-0.05, 0) is 87.5 Å². The molecule has 6 aliphatic rings. The Bertz CT molecular complexity index is 952. The number of carbonyl (C=O) groups excluding carboxylic acids is 2. The fraction of sp³-hybridized carbons (Fsp3) is 0.793. The molecule has 2 saturated carbocycles. The van der Waals surface area contributed by atoms with Gasteiger partial charge in [0.25, 0.3) is 0 Å². The Morgan fingerprint density at radius 2 is 1.82 bits per heavy atom. The van der Waals surface area contributed by atoms with Crippen molar-refractivity contribution < 1.29 is 23.8 Å². The molecule has 6 rings (SSSR count). The fourth-order valence-corrected chi connectivity index (χ4v) is 9.55. The largest absolute Gasteiger partial charge is 0.461 e. The summed E-state index contributed by atoms with van der Waals surface area (Å²) in [5, 5.41) is 0. The van der Waals surface area contributed by atoms with Crippen molar-refractivity contribution in [1.29, 1.82) is 0 Å². The normalized spacial score (nSPS) is 51.8. The second-order valence-electron chi connectivity index (χ2n) is 12.7. The summed E-state index contributed by atoms with van der Waals surface area (Å²) in [6.07, 6.45) is 13.7. The van der Waals surface area contributed by atoms with Gasteiger partial charge in [-0.25, -0.2) is 0 Å². The molecule has 0 aromatic heterocycles. The number of hydrogen-bond donors (Lipinski definition) is 0. The second-order valence-corrected chi connectivity index (χ2v) is 12.7. The zero-order chi connectivity index (χ0) is 23.9. The molecular formula is C29H40O5. The minimum Gasteiger partial charge on any atom is -0.461 e. The predicted molar refractivity (Wildman–Crippen MR) is 128 cm³/mol. The van der Waals surface area contributed by atoms with Crippen LogP contribution in [0.15, 0.2) is 23.8 Å². The number of ether oxygens (including phenoxy) is 3. The van der Waals surface area contributed by atoms with Crippen molar-refractivity contribution in [1.82, 2.24) is 0 Å². The fourth-order valence-electron chi connectivity index (χ4n) is 9.55. The zero-order valence-corrected chi connectivity index (χ0v) is 21.2. The average molecular weight is 469 g/mol. The topological polar surface area (TPSA) is 61.8 Å². The number of rotatable bonds is 3. The summed E-state index contributed by atoms with van der Waals surface area (Å²) in [7, 11) is 1.63.